The highest BCUT2D eigenvalue weighted by atomic mass is 16.7. The summed E-state index contributed by atoms with van der Waals surface area (Å²) in [5.41, 5.74) is 5.93. The Morgan fingerprint density at radius 1 is 0.882 bits per heavy atom. The fourth-order valence-corrected chi connectivity index (χ4v) is 5.23. The minimum absolute atomic E-state index is 0.261. The number of aryl methyl sites for hydroxylation is 1. The minimum Gasteiger partial charge on any atom is -0.462 e. The molecule has 1 heterocycles. The number of benzene rings is 2. The lowest BCUT2D eigenvalue weighted by Gasteiger charge is -2.33. The maximum Gasteiger partial charge on any atom is 0.338 e. The Bertz CT molecular complexity index is 906. The molecule has 1 aliphatic carbocycles. The molecule has 0 unspecified atom stereocenters. The van der Waals surface area contributed by atoms with Crippen LogP contribution < -0.4 is 0 Å². The molecule has 1 aliphatic heterocycles. The molecule has 0 atom stereocenters. The van der Waals surface area contributed by atoms with Crippen LogP contribution in [0.4, 0.5) is 0 Å². The summed E-state index contributed by atoms with van der Waals surface area (Å²) >= 11 is 0. The molecule has 184 valence electrons. The second kappa shape index (κ2) is 12.5. The van der Waals surface area contributed by atoms with Crippen LogP contribution in [-0.2, 0) is 20.6 Å². The first-order valence-electron chi connectivity index (χ1n) is 13.3. The van der Waals surface area contributed by atoms with Crippen LogP contribution in [-0.4, -0.2) is 25.8 Å². The van der Waals surface area contributed by atoms with Crippen molar-refractivity contribution in [2.24, 2.45) is 0 Å². The summed E-state index contributed by atoms with van der Waals surface area (Å²) in [5.74, 6) is 0.649. The maximum atomic E-state index is 12.1. The monoisotopic (exact) mass is 464 g/mol. The molecule has 2 aliphatic rings. The molecular weight excluding hydrogens is 424 g/mol. The minimum atomic E-state index is -0.390. The van der Waals surface area contributed by atoms with Crippen molar-refractivity contribution >= 4 is 5.97 Å². The van der Waals surface area contributed by atoms with Crippen molar-refractivity contribution in [3.63, 3.8) is 0 Å². The molecule has 0 bridgehead atoms. The van der Waals surface area contributed by atoms with E-state index in [4.69, 9.17) is 14.2 Å². The lowest BCUT2D eigenvalue weighted by Crippen LogP contribution is -2.27. The van der Waals surface area contributed by atoms with E-state index >= 15 is 0 Å². The number of hydrogen-bond acceptors (Lipinski definition) is 4. The van der Waals surface area contributed by atoms with Gasteiger partial charge in [-0.2, -0.15) is 0 Å². The fraction of sp³-hybridized carbons (Fsp3) is 0.567. The highest BCUT2D eigenvalue weighted by Gasteiger charge is 2.29. The zero-order valence-electron chi connectivity index (χ0n) is 20.9. The largest absolute Gasteiger partial charge is 0.462 e. The standard InChI is InChI=1S/C30H40O4/c1-3-5-9-22-12-17-27(28(19-22)23-10-7-6-8-11-23)26-20-33-30(34-21-26)25-15-13-24(14-16-25)29(31)32-18-4-2/h12-17,19,23,26,30H,3-11,18,20-21H2,1-2H3. The Kier molecular flexibility index (Phi) is 9.18. The molecule has 1 saturated carbocycles. The Morgan fingerprint density at radius 2 is 1.62 bits per heavy atom. The first-order valence-corrected chi connectivity index (χ1v) is 13.3. The van der Waals surface area contributed by atoms with Crippen LogP contribution in [0, 0.1) is 0 Å². The summed E-state index contributed by atoms with van der Waals surface area (Å²) in [7, 11) is 0. The lowest BCUT2D eigenvalue weighted by molar-refractivity contribution is -0.191. The average molecular weight is 465 g/mol. The summed E-state index contributed by atoms with van der Waals surface area (Å²) in [5, 5.41) is 0. The van der Waals surface area contributed by atoms with Crippen molar-refractivity contribution in [2.75, 3.05) is 19.8 Å². The van der Waals surface area contributed by atoms with Crippen molar-refractivity contribution < 1.29 is 19.0 Å². The topological polar surface area (TPSA) is 44.8 Å². The summed E-state index contributed by atoms with van der Waals surface area (Å²) in [6, 6.07) is 14.6. The van der Waals surface area contributed by atoms with Gasteiger partial charge in [-0.1, -0.05) is 69.9 Å². The Balaban J connectivity index is 1.42. The van der Waals surface area contributed by atoms with Gasteiger partial charge in [0.2, 0.25) is 0 Å². The Morgan fingerprint density at radius 3 is 2.29 bits per heavy atom. The number of esters is 1. The van der Waals surface area contributed by atoms with Gasteiger partial charge in [0.25, 0.3) is 0 Å². The second-order valence-corrected chi connectivity index (χ2v) is 9.86. The van der Waals surface area contributed by atoms with E-state index in [1.54, 1.807) is 17.7 Å². The molecule has 0 radical (unpaired) electrons. The van der Waals surface area contributed by atoms with Crippen LogP contribution in [0.5, 0.6) is 0 Å². The van der Waals surface area contributed by atoms with Gasteiger partial charge in [-0.15, -0.1) is 0 Å². The maximum absolute atomic E-state index is 12.1. The number of hydrogen-bond donors (Lipinski definition) is 0. The predicted molar refractivity (Wildman–Crippen MR) is 135 cm³/mol. The third-order valence-electron chi connectivity index (χ3n) is 7.21. The summed E-state index contributed by atoms with van der Waals surface area (Å²) in [6.45, 7) is 5.99. The predicted octanol–water partition coefficient (Wildman–Crippen LogP) is 7.47. The van der Waals surface area contributed by atoms with Crippen molar-refractivity contribution in [1.29, 1.82) is 0 Å². The van der Waals surface area contributed by atoms with Crippen LogP contribution in [0.2, 0.25) is 0 Å². The molecule has 1 saturated heterocycles. The van der Waals surface area contributed by atoms with Crippen LogP contribution in [0.25, 0.3) is 0 Å². The van der Waals surface area contributed by atoms with Gasteiger partial charge in [0, 0.05) is 11.5 Å². The first-order chi connectivity index (χ1) is 16.7. The van der Waals surface area contributed by atoms with Crippen molar-refractivity contribution in [3.8, 4) is 0 Å². The van der Waals surface area contributed by atoms with Crippen LogP contribution in [0.3, 0.4) is 0 Å². The molecule has 4 nitrogen and oxygen atoms in total. The van der Waals surface area contributed by atoms with Gasteiger partial charge < -0.3 is 14.2 Å². The average Bonchev–Trinajstić information content (AvgIpc) is 2.91. The molecular formula is C30H40O4. The SMILES string of the molecule is CCCCc1ccc(C2COC(c3ccc(C(=O)OCCC)cc3)OC2)c(C2CCCCC2)c1. The molecule has 34 heavy (non-hydrogen) atoms. The molecule has 2 aromatic rings. The second-order valence-electron chi connectivity index (χ2n) is 9.86. The molecule has 0 aromatic heterocycles. The van der Waals surface area contributed by atoms with Gasteiger partial charge in [-0.3, -0.25) is 0 Å². The lowest BCUT2D eigenvalue weighted by atomic mass is 9.78. The van der Waals surface area contributed by atoms with E-state index < -0.39 is 0 Å². The Hall–Kier alpha value is -2.17. The normalized spacial score (nSPS) is 21.4. The number of carbonyl (C=O) groups excluding carboxylic acids is 1. The molecule has 0 N–H and O–H groups in total. The molecule has 2 fully saturated rings. The van der Waals surface area contributed by atoms with E-state index in [-0.39, 0.29) is 18.2 Å². The molecule has 4 rings (SSSR count). The van der Waals surface area contributed by atoms with Crippen LogP contribution >= 0.6 is 0 Å². The third kappa shape index (κ3) is 6.28. The number of rotatable bonds is 9. The van der Waals surface area contributed by atoms with Gasteiger partial charge in [-0.25, -0.2) is 4.79 Å². The molecule has 4 heteroatoms. The highest BCUT2D eigenvalue weighted by molar-refractivity contribution is 5.89. The van der Waals surface area contributed by atoms with E-state index in [2.05, 4.69) is 25.1 Å². The number of carbonyl (C=O) groups is 1. The summed E-state index contributed by atoms with van der Waals surface area (Å²) in [6.07, 6.45) is 10.7. The Labute approximate surface area is 205 Å². The molecule has 0 amide bonds. The van der Waals surface area contributed by atoms with Crippen LogP contribution in [0.1, 0.15) is 116 Å². The zero-order chi connectivity index (χ0) is 23.8. The van der Waals surface area contributed by atoms with Gasteiger partial charge in [0.05, 0.1) is 25.4 Å². The van der Waals surface area contributed by atoms with Crippen molar-refractivity contribution in [3.05, 3.63) is 70.3 Å². The van der Waals surface area contributed by atoms with Crippen molar-refractivity contribution in [2.45, 2.75) is 89.8 Å². The summed E-state index contributed by atoms with van der Waals surface area (Å²) < 4.78 is 17.6. The smallest absolute Gasteiger partial charge is 0.338 e. The van der Waals surface area contributed by atoms with E-state index in [0.717, 1.165) is 18.4 Å². The summed E-state index contributed by atoms with van der Waals surface area (Å²) in [4.78, 5) is 12.1. The third-order valence-corrected chi connectivity index (χ3v) is 7.21. The van der Waals surface area contributed by atoms with E-state index in [1.165, 1.54) is 56.1 Å². The van der Waals surface area contributed by atoms with Gasteiger partial charge >= 0.3 is 5.97 Å². The van der Waals surface area contributed by atoms with E-state index in [9.17, 15) is 4.79 Å². The quantitative estimate of drug-likeness (QED) is 0.361. The van der Waals surface area contributed by atoms with Gasteiger partial charge in [-0.05, 0) is 66.8 Å². The van der Waals surface area contributed by atoms with Crippen LogP contribution in [0.15, 0.2) is 42.5 Å². The van der Waals surface area contributed by atoms with E-state index in [0.29, 0.717) is 31.3 Å². The van der Waals surface area contributed by atoms with Gasteiger partial charge in [0.1, 0.15) is 0 Å². The fourth-order valence-electron chi connectivity index (χ4n) is 5.23. The molecule has 2 aromatic carbocycles. The zero-order valence-corrected chi connectivity index (χ0v) is 20.9. The van der Waals surface area contributed by atoms with E-state index in [1.807, 2.05) is 19.1 Å². The molecule has 0 spiro atoms. The van der Waals surface area contributed by atoms with Crippen molar-refractivity contribution in [1.82, 2.24) is 0 Å². The highest BCUT2D eigenvalue weighted by Crippen LogP contribution is 2.39. The number of unbranched alkanes of at least 4 members (excludes halogenated alkanes) is 1. The first kappa shape index (κ1) is 24.9. The number of ether oxygens (including phenoxy) is 3. The van der Waals surface area contributed by atoms with Gasteiger partial charge in [0.15, 0.2) is 6.29 Å².